The molecule has 2 unspecified atom stereocenters. The van der Waals surface area contributed by atoms with Crippen LogP contribution >= 0.6 is 0 Å². The van der Waals surface area contributed by atoms with Gasteiger partial charge >= 0.3 is 5.97 Å². The Balaban J connectivity index is 2.53. The van der Waals surface area contributed by atoms with Crippen LogP contribution in [0.5, 0.6) is 0 Å². The SMILES string of the molecule is CC[C@H](C)[C@H](N)C(=O)NC1COCC1C(=O)O. The fraction of sp³-hybridized carbons (Fsp3) is 0.818. The average Bonchev–Trinajstić information content (AvgIpc) is 2.75. The Morgan fingerprint density at radius 3 is 2.71 bits per heavy atom. The quantitative estimate of drug-likeness (QED) is 0.609. The summed E-state index contributed by atoms with van der Waals surface area (Å²) in [5, 5.41) is 11.6. The normalized spacial score (nSPS) is 27.5. The van der Waals surface area contributed by atoms with E-state index in [4.69, 9.17) is 15.6 Å². The number of hydrogen-bond acceptors (Lipinski definition) is 4. The van der Waals surface area contributed by atoms with Crippen molar-refractivity contribution in [1.29, 1.82) is 0 Å². The maximum atomic E-state index is 11.8. The molecule has 0 spiro atoms. The van der Waals surface area contributed by atoms with Crippen molar-refractivity contribution in [3.63, 3.8) is 0 Å². The van der Waals surface area contributed by atoms with E-state index >= 15 is 0 Å². The molecule has 0 bridgehead atoms. The summed E-state index contributed by atoms with van der Waals surface area (Å²) in [4.78, 5) is 22.7. The zero-order valence-corrected chi connectivity index (χ0v) is 10.2. The van der Waals surface area contributed by atoms with Crippen molar-refractivity contribution in [1.82, 2.24) is 5.32 Å². The number of hydrogen-bond donors (Lipinski definition) is 3. The van der Waals surface area contributed by atoms with Gasteiger partial charge in [0.15, 0.2) is 0 Å². The molecule has 1 amide bonds. The Morgan fingerprint density at radius 1 is 1.53 bits per heavy atom. The third-order valence-electron chi connectivity index (χ3n) is 3.29. The lowest BCUT2D eigenvalue weighted by atomic mass is 9.98. The number of rotatable bonds is 5. The number of aliphatic carboxylic acids is 1. The van der Waals surface area contributed by atoms with Gasteiger partial charge in [0.05, 0.1) is 25.3 Å². The van der Waals surface area contributed by atoms with E-state index in [9.17, 15) is 9.59 Å². The second kappa shape index (κ2) is 5.97. The molecule has 0 aliphatic carbocycles. The van der Waals surface area contributed by atoms with Crippen LogP contribution in [0.3, 0.4) is 0 Å². The number of nitrogens with two attached hydrogens (primary N) is 1. The van der Waals surface area contributed by atoms with Crippen LogP contribution in [0.4, 0.5) is 0 Å². The molecule has 1 aliphatic rings. The molecule has 0 aromatic heterocycles. The number of carbonyl (C=O) groups is 2. The minimum absolute atomic E-state index is 0.0700. The van der Waals surface area contributed by atoms with Gasteiger partial charge in [0.25, 0.3) is 0 Å². The van der Waals surface area contributed by atoms with Gasteiger partial charge in [-0.15, -0.1) is 0 Å². The lowest BCUT2D eigenvalue weighted by Crippen LogP contribution is -2.51. The number of carboxylic acids is 1. The Bertz CT molecular complexity index is 295. The standard InChI is InChI=1S/C11H20N2O4/c1-3-6(2)9(12)10(14)13-8-5-17-4-7(8)11(15)16/h6-9H,3-5,12H2,1-2H3,(H,13,14)(H,15,16)/t6-,7?,8?,9-/m0/s1. The van der Waals surface area contributed by atoms with Gasteiger partial charge < -0.3 is 20.9 Å². The van der Waals surface area contributed by atoms with Gasteiger partial charge in [0.1, 0.15) is 5.92 Å². The van der Waals surface area contributed by atoms with Crippen molar-refractivity contribution in [3.05, 3.63) is 0 Å². The lowest BCUT2D eigenvalue weighted by Gasteiger charge is -2.21. The molecule has 1 rings (SSSR count). The molecule has 98 valence electrons. The summed E-state index contributed by atoms with van der Waals surface area (Å²) in [6, 6.07) is -1.08. The summed E-state index contributed by atoms with van der Waals surface area (Å²) in [5.41, 5.74) is 5.77. The second-order valence-corrected chi connectivity index (χ2v) is 4.51. The van der Waals surface area contributed by atoms with Crippen LogP contribution < -0.4 is 11.1 Å². The van der Waals surface area contributed by atoms with Gasteiger partial charge in [0.2, 0.25) is 5.91 Å². The van der Waals surface area contributed by atoms with Gasteiger partial charge in [-0.05, 0) is 5.92 Å². The number of nitrogens with one attached hydrogen (secondary N) is 1. The molecule has 1 saturated heterocycles. The van der Waals surface area contributed by atoms with E-state index in [0.717, 1.165) is 6.42 Å². The summed E-state index contributed by atoms with van der Waals surface area (Å²) in [5.74, 6) is -1.87. The van der Waals surface area contributed by atoms with Crippen molar-refractivity contribution in [3.8, 4) is 0 Å². The van der Waals surface area contributed by atoms with Gasteiger partial charge in [-0.2, -0.15) is 0 Å². The molecular formula is C11H20N2O4. The molecule has 1 fully saturated rings. The summed E-state index contributed by atoms with van der Waals surface area (Å²) >= 11 is 0. The second-order valence-electron chi connectivity index (χ2n) is 4.51. The van der Waals surface area contributed by atoms with Crippen LogP contribution in [0.2, 0.25) is 0 Å². The third-order valence-corrected chi connectivity index (χ3v) is 3.29. The molecule has 4 N–H and O–H groups in total. The maximum Gasteiger partial charge on any atom is 0.311 e. The summed E-state index contributed by atoms with van der Waals surface area (Å²) in [6.07, 6.45) is 0.804. The van der Waals surface area contributed by atoms with Crippen molar-refractivity contribution >= 4 is 11.9 Å². The topological polar surface area (TPSA) is 102 Å². The van der Waals surface area contributed by atoms with Crippen LogP contribution in [0.1, 0.15) is 20.3 Å². The van der Waals surface area contributed by atoms with Crippen molar-refractivity contribution < 1.29 is 19.4 Å². The molecule has 1 heterocycles. The highest BCUT2D eigenvalue weighted by atomic mass is 16.5. The van der Waals surface area contributed by atoms with E-state index < -0.39 is 24.0 Å². The van der Waals surface area contributed by atoms with Gasteiger partial charge in [0, 0.05) is 0 Å². The monoisotopic (exact) mass is 244 g/mol. The number of carboxylic acid groups (broad SMARTS) is 1. The molecule has 6 heteroatoms. The van der Waals surface area contributed by atoms with E-state index in [0.29, 0.717) is 0 Å². The molecule has 0 saturated carbocycles. The summed E-state index contributed by atoms with van der Waals surface area (Å²) < 4.78 is 5.06. The zero-order chi connectivity index (χ0) is 13.0. The fourth-order valence-electron chi connectivity index (χ4n) is 1.73. The molecule has 6 nitrogen and oxygen atoms in total. The number of carbonyl (C=O) groups excluding carboxylic acids is 1. The Morgan fingerprint density at radius 2 is 2.18 bits per heavy atom. The minimum atomic E-state index is -0.954. The first kappa shape index (κ1) is 13.9. The third kappa shape index (κ3) is 3.41. The first-order chi connectivity index (χ1) is 7.97. The predicted molar refractivity (Wildman–Crippen MR) is 61.3 cm³/mol. The maximum absolute atomic E-state index is 11.8. The number of ether oxygens (including phenoxy) is 1. The first-order valence-corrected chi connectivity index (χ1v) is 5.83. The van der Waals surface area contributed by atoms with E-state index in [2.05, 4.69) is 5.32 Å². The summed E-state index contributed by atoms with van der Waals surface area (Å²) in [7, 11) is 0. The molecule has 4 atom stereocenters. The largest absolute Gasteiger partial charge is 0.481 e. The van der Waals surface area contributed by atoms with Gasteiger partial charge in [-0.1, -0.05) is 20.3 Å². The predicted octanol–water partition coefficient (Wildman–Crippen LogP) is -0.424. The van der Waals surface area contributed by atoms with E-state index in [1.54, 1.807) is 0 Å². The molecule has 0 aromatic rings. The number of amides is 1. The highest BCUT2D eigenvalue weighted by Gasteiger charge is 2.36. The van der Waals surface area contributed by atoms with E-state index in [1.807, 2.05) is 13.8 Å². The van der Waals surface area contributed by atoms with Gasteiger partial charge in [-0.25, -0.2) is 0 Å². The van der Waals surface area contributed by atoms with Crippen molar-refractivity contribution in [2.75, 3.05) is 13.2 Å². The molecule has 0 aromatic carbocycles. The summed E-state index contributed by atoms with van der Waals surface area (Å²) in [6.45, 7) is 4.22. The van der Waals surface area contributed by atoms with Gasteiger partial charge in [-0.3, -0.25) is 9.59 Å². The van der Waals surface area contributed by atoms with Crippen LogP contribution in [0.25, 0.3) is 0 Å². The Labute approximate surface area is 101 Å². The van der Waals surface area contributed by atoms with Crippen LogP contribution in [0.15, 0.2) is 0 Å². The van der Waals surface area contributed by atoms with Crippen molar-refractivity contribution in [2.45, 2.75) is 32.4 Å². The first-order valence-electron chi connectivity index (χ1n) is 5.83. The average molecular weight is 244 g/mol. The zero-order valence-electron chi connectivity index (χ0n) is 10.2. The van der Waals surface area contributed by atoms with Crippen LogP contribution in [-0.4, -0.2) is 42.3 Å². The molecule has 17 heavy (non-hydrogen) atoms. The molecule has 1 aliphatic heterocycles. The highest BCUT2D eigenvalue weighted by Crippen LogP contribution is 2.14. The lowest BCUT2D eigenvalue weighted by molar-refractivity contribution is -0.142. The smallest absolute Gasteiger partial charge is 0.311 e. The fourth-order valence-corrected chi connectivity index (χ4v) is 1.73. The van der Waals surface area contributed by atoms with Crippen molar-refractivity contribution in [2.24, 2.45) is 17.6 Å². The highest BCUT2D eigenvalue weighted by molar-refractivity contribution is 5.83. The van der Waals surface area contributed by atoms with Crippen LogP contribution in [-0.2, 0) is 14.3 Å². The molecule has 0 radical (unpaired) electrons. The minimum Gasteiger partial charge on any atom is -0.481 e. The Hall–Kier alpha value is -1.14. The van der Waals surface area contributed by atoms with E-state index in [-0.39, 0.29) is 25.0 Å². The van der Waals surface area contributed by atoms with Crippen LogP contribution in [0, 0.1) is 11.8 Å². The molecular weight excluding hydrogens is 224 g/mol. The van der Waals surface area contributed by atoms with E-state index in [1.165, 1.54) is 0 Å². The Kier molecular flexibility index (Phi) is 4.89.